The van der Waals surface area contributed by atoms with Gasteiger partial charge >= 0.3 is 0 Å². The topological polar surface area (TPSA) is 83.3 Å². The zero-order valence-corrected chi connectivity index (χ0v) is 16.3. The zero-order valence-electron chi connectivity index (χ0n) is 16.3. The first kappa shape index (κ1) is 19.3. The Kier molecular flexibility index (Phi) is 5.19. The standard InChI is InChI=1S/C21H24FN5O2/c1-15-25-17-5-2-3-6-18(17)27(15)12-20(28)24-13-21(29)9-4-10-26(14-21)19-8-7-16(22)11-23-19/h2-3,5-8,11,29H,4,9-10,12-14H2,1H3,(H,24,28). The van der Waals surface area contributed by atoms with Crippen molar-refractivity contribution in [3.05, 3.63) is 54.2 Å². The molecule has 1 aliphatic rings. The Morgan fingerprint density at radius 1 is 1.31 bits per heavy atom. The molecule has 29 heavy (non-hydrogen) atoms. The second-order valence-electron chi connectivity index (χ2n) is 7.59. The van der Waals surface area contributed by atoms with E-state index in [1.807, 2.05) is 40.7 Å². The number of imidazole rings is 1. The van der Waals surface area contributed by atoms with Gasteiger partial charge < -0.3 is 19.9 Å². The summed E-state index contributed by atoms with van der Waals surface area (Å²) in [5, 5.41) is 13.8. The highest BCUT2D eigenvalue weighted by atomic mass is 19.1. The average Bonchev–Trinajstić information content (AvgIpc) is 3.02. The van der Waals surface area contributed by atoms with Crippen molar-refractivity contribution in [2.75, 3.05) is 24.5 Å². The molecule has 0 saturated carbocycles. The molecule has 1 fully saturated rings. The summed E-state index contributed by atoms with van der Waals surface area (Å²) in [7, 11) is 0. The number of benzene rings is 1. The van der Waals surface area contributed by atoms with Crippen molar-refractivity contribution in [3.63, 3.8) is 0 Å². The number of anilines is 1. The number of nitrogens with one attached hydrogen (secondary N) is 1. The van der Waals surface area contributed by atoms with Crippen LogP contribution in [-0.4, -0.2) is 50.8 Å². The van der Waals surface area contributed by atoms with Gasteiger partial charge in [0.2, 0.25) is 5.91 Å². The van der Waals surface area contributed by atoms with Crippen molar-refractivity contribution in [3.8, 4) is 0 Å². The number of carbonyl (C=O) groups is 1. The Bertz CT molecular complexity index is 1020. The minimum atomic E-state index is -1.06. The maximum absolute atomic E-state index is 13.1. The molecular weight excluding hydrogens is 373 g/mol. The first-order valence-electron chi connectivity index (χ1n) is 9.71. The fourth-order valence-electron chi connectivity index (χ4n) is 3.87. The number of aromatic nitrogens is 3. The number of fused-ring (bicyclic) bond motifs is 1. The van der Waals surface area contributed by atoms with Crippen LogP contribution in [0.15, 0.2) is 42.6 Å². The number of aliphatic hydroxyl groups is 1. The number of piperidine rings is 1. The maximum atomic E-state index is 13.1. The number of para-hydroxylation sites is 2. The van der Waals surface area contributed by atoms with E-state index in [-0.39, 0.29) is 19.0 Å². The van der Waals surface area contributed by atoms with Gasteiger partial charge in [0, 0.05) is 19.6 Å². The first-order chi connectivity index (χ1) is 13.9. The number of amides is 1. The van der Waals surface area contributed by atoms with Crippen LogP contribution in [0.25, 0.3) is 11.0 Å². The van der Waals surface area contributed by atoms with Crippen molar-refractivity contribution in [1.29, 1.82) is 0 Å². The van der Waals surface area contributed by atoms with E-state index in [0.29, 0.717) is 18.8 Å². The highest BCUT2D eigenvalue weighted by Gasteiger charge is 2.34. The molecule has 2 N–H and O–H groups in total. The number of hydrogen-bond donors (Lipinski definition) is 2. The third-order valence-corrected chi connectivity index (χ3v) is 5.35. The van der Waals surface area contributed by atoms with Crippen LogP contribution in [0, 0.1) is 12.7 Å². The van der Waals surface area contributed by atoms with Crippen LogP contribution >= 0.6 is 0 Å². The Morgan fingerprint density at radius 2 is 2.14 bits per heavy atom. The number of hydrogen-bond acceptors (Lipinski definition) is 5. The molecule has 0 spiro atoms. The van der Waals surface area contributed by atoms with Gasteiger partial charge in [0.15, 0.2) is 0 Å². The lowest BCUT2D eigenvalue weighted by Gasteiger charge is -2.39. The van der Waals surface area contributed by atoms with E-state index in [1.54, 1.807) is 6.07 Å². The van der Waals surface area contributed by atoms with Crippen molar-refractivity contribution in [1.82, 2.24) is 19.9 Å². The molecule has 1 unspecified atom stereocenters. The molecule has 1 saturated heterocycles. The third-order valence-electron chi connectivity index (χ3n) is 5.35. The lowest BCUT2D eigenvalue weighted by molar-refractivity contribution is -0.123. The maximum Gasteiger partial charge on any atom is 0.240 e. The highest BCUT2D eigenvalue weighted by Crippen LogP contribution is 2.24. The summed E-state index contributed by atoms with van der Waals surface area (Å²) in [5.74, 6) is 0.819. The van der Waals surface area contributed by atoms with Gasteiger partial charge in [-0.2, -0.15) is 0 Å². The Morgan fingerprint density at radius 3 is 2.93 bits per heavy atom. The van der Waals surface area contributed by atoms with Crippen molar-refractivity contribution < 1.29 is 14.3 Å². The predicted octanol–water partition coefficient (Wildman–Crippen LogP) is 2.03. The molecule has 3 aromatic rings. The fourth-order valence-corrected chi connectivity index (χ4v) is 3.87. The van der Waals surface area contributed by atoms with Crippen molar-refractivity contribution in [2.24, 2.45) is 0 Å². The second kappa shape index (κ2) is 7.79. The fraction of sp³-hybridized carbons (Fsp3) is 0.381. The van der Waals surface area contributed by atoms with Gasteiger partial charge in [-0.15, -0.1) is 0 Å². The minimum absolute atomic E-state index is 0.145. The van der Waals surface area contributed by atoms with Crippen LogP contribution in [0.4, 0.5) is 10.2 Å². The van der Waals surface area contributed by atoms with Crippen LogP contribution in [0.1, 0.15) is 18.7 Å². The van der Waals surface area contributed by atoms with E-state index in [1.165, 1.54) is 12.3 Å². The molecule has 8 heteroatoms. The van der Waals surface area contributed by atoms with Crippen molar-refractivity contribution in [2.45, 2.75) is 31.9 Å². The normalized spacial score (nSPS) is 19.5. The summed E-state index contributed by atoms with van der Waals surface area (Å²) in [6.07, 6.45) is 2.51. The summed E-state index contributed by atoms with van der Waals surface area (Å²) < 4.78 is 15.0. The highest BCUT2D eigenvalue weighted by molar-refractivity contribution is 5.81. The van der Waals surface area contributed by atoms with Gasteiger partial charge in [-0.05, 0) is 44.0 Å². The second-order valence-corrected chi connectivity index (χ2v) is 7.59. The molecule has 0 bridgehead atoms. The SMILES string of the molecule is Cc1nc2ccccc2n1CC(=O)NCC1(O)CCCN(c2ccc(F)cn2)C1. The third kappa shape index (κ3) is 4.22. The van der Waals surface area contributed by atoms with Gasteiger partial charge in [0.05, 0.1) is 22.8 Å². The van der Waals surface area contributed by atoms with Crippen LogP contribution in [0.3, 0.4) is 0 Å². The van der Waals surface area contributed by atoms with Crippen LogP contribution in [0.5, 0.6) is 0 Å². The molecule has 1 atom stereocenters. The number of β-amino-alcohol motifs (C(OH)–C–C–N with tert-alkyl or cyclic N) is 1. The number of halogens is 1. The monoisotopic (exact) mass is 397 g/mol. The lowest BCUT2D eigenvalue weighted by atomic mass is 9.92. The molecule has 3 heterocycles. The van der Waals surface area contributed by atoms with Crippen LogP contribution in [0.2, 0.25) is 0 Å². The zero-order chi connectivity index (χ0) is 20.4. The van der Waals surface area contributed by atoms with E-state index in [4.69, 9.17) is 0 Å². The Balaban J connectivity index is 1.39. The molecule has 1 aliphatic heterocycles. The van der Waals surface area contributed by atoms with Crippen molar-refractivity contribution >= 4 is 22.8 Å². The average molecular weight is 397 g/mol. The number of pyridine rings is 1. The number of rotatable bonds is 5. The van der Waals surface area contributed by atoms with E-state index >= 15 is 0 Å². The number of nitrogens with zero attached hydrogens (tertiary/aromatic N) is 4. The molecule has 2 aromatic heterocycles. The molecule has 1 amide bonds. The van der Waals surface area contributed by atoms with Gasteiger partial charge in [-0.25, -0.2) is 14.4 Å². The molecule has 4 rings (SSSR count). The number of aryl methyl sites for hydroxylation is 1. The summed E-state index contributed by atoms with van der Waals surface area (Å²) in [6.45, 7) is 3.23. The Labute approximate surface area is 168 Å². The molecule has 1 aromatic carbocycles. The van der Waals surface area contributed by atoms with Gasteiger partial charge in [-0.3, -0.25) is 4.79 Å². The molecule has 7 nitrogen and oxygen atoms in total. The van der Waals surface area contributed by atoms with E-state index < -0.39 is 11.4 Å². The molecule has 152 valence electrons. The van der Waals surface area contributed by atoms with Gasteiger partial charge in [-0.1, -0.05) is 12.1 Å². The number of carbonyl (C=O) groups excluding carboxylic acids is 1. The molecular formula is C21H24FN5O2. The quantitative estimate of drug-likeness (QED) is 0.688. The summed E-state index contributed by atoms with van der Waals surface area (Å²) in [5.41, 5.74) is 0.701. The summed E-state index contributed by atoms with van der Waals surface area (Å²) in [6, 6.07) is 10.6. The molecule has 0 aliphatic carbocycles. The van der Waals surface area contributed by atoms with Crippen LogP contribution in [-0.2, 0) is 11.3 Å². The lowest BCUT2D eigenvalue weighted by Crippen LogP contribution is -2.54. The summed E-state index contributed by atoms with van der Waals surface area (Å²) in [4.78, 5) is 23.0. The smallest absolute Gasteiger partial charge is 0.240 e. The van der Waals surface area contributed by atoms with E-state index in [0.717, 1.165) is 29.8 Å². The van der Waals surface area contributed by atoms with Gasteiger partial charge in [0.25, 0.3) is 0 Å². The minimum Gasteiger partial charge on any atom is -0.386 e. The summed E-state index contributed by atoms with van der Waals surface area (Å²) >= 11 is 0. The largest absolute Gasteiger partial charge is 0.386 e. The predicted molar refractivity (Wildman–Crippen MR) is 108 cm³/mol. The van der Waals surface area contributed by atoms with Gasteiger partial charge in [0.1, 0.15) is 24.0 Å². The first-order valence-corrected chi connectivity index (χ1v) is 9.71. The van der Waals surface area contributed by atoms with E-state index in [9.17, 15) is 14.3 Å². The van der Waals surface area contributed by atoms with Crippen LogP contribution < -0.4 is 10.2 Å². The molecule has 0 radical (unpaired) electrons. The van der Waals surface area contributed by atoms with E-state index in [2.05, 4.69) is 15.3 Å². The Hall–Kier alpha value is -3.00.